The third-order valence-corrected chi connectivity index (χ3v) is 2.18. The van der Waals surface area contributed by atoms with Gasteiger partial charge in [-0.05, 0) is 25.1 Å². The fourth-order valence-electron chi connectivity index (χ4n) is 1.36. The number of hydrogen-bond acceptors (Lipinski definition) is 4. The summed E-state index contributed by atoms with van der Waals surface area (Å²) < 4.78 is 18.2. The summed E-state index contributed by atoms with van der Waals surface area (Å²) >= 11 is 0. The Morgan fingerprint density at radius 1 is 1.53 bits per heavy atom. The normalized spacial score (nSPS) is 14.1. The van der Waals surface area contributed by atoms with Gasteiger partial charge in [-0.15, -0.1) is 0 Å². The van der Waals surface area contributed by atoms with Gasteiger partial charge < -0.3 is 20.7 Å². The molecule has 0 radical (unpaired) electrons. The maximum atomic E-state index is 13.0. The van der Waals surface area contributed by atoms with Crippen LogP contribution in [0.4, 0.5) is 4.39 Å². The molecule has 0 spiro atoms. The van der Waals surface area contributed by atoms with Gasteiger partial charge in [0.05, 0.1) is 6.61 Å². The first-order valence-electron chi connectivity index (χ1n) is 5.05. The van der Waals surface area contributed by atoms with Gasteiger partial charge in [0, 0.05) is 5.56 Å². The lowest BCUT2D eigenvalue weighted by Crippen LogP contribution is -2.34. The predicted molar refractivity (Wildman–Crippen MR) is 57.7 cm³/mol. The van der Waals surface area contributed by atoms with Crippen LogP contribution in [0.2, 0.25) is 0 Å². The number of hydrogen-bond donors (Lipinski definition) is 3. The number of benzene rings is 1. The smallest absolute Gasteiger partial charge is 0.249 e. The van der Waals surface area contributed by atoms with Crippen LogP contribution in [0.1, 0.15) is 18.6 Å². The van der Waals surface area contributed by atoms with Gasteiger partial charge in [0.2, 0.25) is 5.91 Å². The maximum absolute atomic E-state index is 13.0. The fourth-order valence-corrected chi connectivity index (χ4v) is 1.36. The number of ether oxygens (including phenoxy) is 1. The molecule has 1 rings (SSSR count). The zero-order chi connectivity index (χ0) is 13.0. The summed E-state index contributed by atoms with van der Waals surface area (Å²) in [4.78, 5) is 10.7. The van der Waals surface area contributed by atoms with Crippen LogP contribution in [-0.2, 0) is 4.79 Å². The molecule has 1 amide bonds. The number of primary amides is 1. The summed E-state index contributed by atoms with van der Waals surface area (Å²) in [6, 6.07) is 3.45. The molecule has 94 valence electrons. The van der Waals surface area contributed by atoms with Crippen molar-refractivity contribution < 1.29 is 24.1 Å². The first kappa shape index (κ1) is 13.4. The van der Waals surface area contributed by atoms with E-state index in [1.165, 1.54) is 6.07 Å². The highest BCUT2D eigenvalue weighted by atomic mass is 19.1. The molecule has 0 saturated carbocycles. The van der Waals surface area contributed by atoms with E-state index in [-0.39, 0.29) is 11.3 Å². The van der Waals surface area contributed by atoms with Gasteiger partial charge in [0.15, 0.2) is 6.10 Å². The molecule has 0 fully saturated rings. The molecule has 0 aliphatic carbocycles. The van der Waals surface area contributed by atoms with E-state index >= 15 is 0 Å². The highest BCUT2D eigenvalue weighted by molar-refractivity contribution is 5.79. The lowest BCUT2D eigenvalue weighted by molar-refractivity contribution is -0.132. The predicted octanol–water partition coefficient (Wildman–Crippen LogP) is 0.104. The van der Waals surface area contributed by atoms with Gasteiger partial charge in [-0.3, -0.25) is 4.79 Å². The fraction of sp³-hybridized carbons (Fsp3) is 0.364. The van der Waals surface area contributed by atoms with Crippen LogP contribution in [0.25, 0.3) is 0 Å². The van der Waals surface area contributed by atoms with Crippen molar-refractivity contribution in [2.75, 3.05) is 6.61 Å². The monoisotopic (exact) mass is 243 g/mol. The molecule has 0 aliphatic rings. The van der Waals surface area contributed by atoms with Crippen LogP contribution in [-0.4, -0.2) is 28.8 Å². The molecule has 0 saturated heterocycles. The largest absolute Gasteiger partial charge is 0.493 e. The minimum atomic E-state index is -1.81. The number of rotatable bonds is 5. The SMILES string of the molecule is CCOc1ccc(F)cc1C(O)C(O)C(N)=O. The highest BCUT2D eigenvalue weighted by Gasteiger charge is 2.26. The Kier molecular flexibility index (Phi) is 4.42. The minimum Gasteiger partial charge on any atom is -0.493 e. The molecule has 0 aromatic heterocycles. The van der Waals surface area contributed by atoms with Gasteiger partial charge in [0.25, 0.3) is 0 Å². The molecular weight excluding hydrogens is 229 g/mol. The van der Waals surface area contributed by atoms with Crippen LogP contribution in [0.15, 0.2) is 18.2 Å². The summed E-state index contributed by atoms with van der Waals surface area (Å²) in [7, 11) is 0. The number of carbonyl (C=O) groups is 1. The van der Waals surface area contributed by atoms with Crippen molar-refractivity contribution in [3.8, 4) is 5.75 Å². The standard InChI is InChI=1S/C11H14FNO4/c1-2-17-8-4-3-6(12)5-7(8)9(14)10(15)11(13)16/h3-5,9-10,14-15H,2H2,1H3,(H2,13,16). The Morgan fingerprint density at radius 2 is 2.18 bits per heavy atom. The van der Waals surface area contributed by atoms with Gasteiger partial charge in [0.1, 0.15) is 17.7 Å². The van der Waals surface area contributed by atoms with Gasteiger partial charge in [-0.2, -0.15) is 0 Å². The van der Waals surface area contributed by atoms with Crippen LogP contribution < -0.4 is 10.5 Å². The second-order valence-electron chi connectivity index (χ2n) is 3.41. The number of amides is 1. The van der Waals surface area contributed by atoms with Crippen molar-refractivity contribution >= 4 is 5.91 Å². The zero-order valence-electron chi connectivity index (χ0n) is 9.26. The Labute approximate surface area is 97.6 Å². The Morgan fingerprint density at radius 3 is 2.71 bits per heavy atom. The maximum Gasteiger partial charge on any atom is 0.249 e. The van der Waals surface area contributed by atoms with E-state index in [2.05, 4.69) is 0 Å². The second-order valence-corrected chi connectivity index (χ2v) is 3.41. The molecule has 2 unspecified atom stereocenters. The molecule has 4 N–H and O–H groups in total. The van der Waals surface area contributed by atoms with E-state index < -0.39 is 23.9 Å². The minimum absolute atomic E-state index is 0.0156. The van der Waals surface area contributed by atoms with E-state index in [1.54, 1.807) is 6.92 Å². The van der Waals surface area contributed by atoms with Crippen molar-refractivity contribution in [3.63, 3.8) is 0 Å². The van der Waals surface area contributed by atoms with Gasteiger partial charge >= 0.3 is 0 Å². The molecule has 2 atom stereocenters. The summed E-state index contributed by atoms with van der Waals surface area (Å²) in [5.41, 5.74) is 4.84. The highest BCUT2D eigenvalue weighted by Crippen LogP contribution is 2.28. The topological polar surface area (TPSA) is 92.8 Å². The van der Waals surface area contributed by atoms with Crippen molar-refractivity contribution in [1.29, 1.82) is 0 Å². The number of nitrogens with two attached hydrogens (primary N) is 1. The molecule has 1 aromatic carbocycles. The zero-order valence-corrected chi connectivity index (χ0v) is 9.26. The van der Waals surface area contributed by atoms with E-state index in [4.69, 9.17) is 10.5 Å². The Balaban J connectivity index is 3.09. The van der Waals surface area contributed by atoms with Crippen molar-refractivity contribution in [1.82, 2.24) is 0 Å². The number of halogens is 1. The molecular formula is C11H14FNO4. The Hall–Kier alpha value is -1.66. The molecule has 0 bridgehead atoms. The van der Waals surface area contributed by atoms with Gasteiger partial charge in [-0.1, -0.05) is 0 Å². The second kappa shape index (κ2) is 5.60. The van der Waals surface area contributed by atoms with Crippen molar-refractivity contribution in [2.24, 2.45) is 5.73 Å². The third-order valence-electron chi connectivity index (χ3n) is 2.18. The molecule has 5 nitrogen and oxygen atoms in total. The molecule has 1 aromatic rings. The average Bonchev–Trinajstić information content (AvgIpc) is 2.29. The lowest BCUT2D eigenvalue weighted by atomic mass is 10.0. The number of carbonyl (C=O) groups excluding carboxylic acids is 1. The van der Waals surface area contributed by atoms with Crippen molar-refractivity contribution in [2.45, 2.75) is 19.1 Å². The molecule has 6 heteroatoms. The quantitative estimate of drug-likeness (QED) is 0.684. The molecule has 0 aliphatic heterocycles. The molecule has 0 heterocycles. The van der Waals surface area contributed by atoms with E-state index in [1.807, 2.05) is 0 Å². The van der Waals surface area contributed by atoms with Crippen LogP contribution in [0.3, 0.4) is 0 Å². The van der Waals surface area contributed by atoms with Crippen molar-refractivity contribution in [3.05, 3.63) is 29.6 Å². The van der Waals surface area contributed by atoms with E-state index in [0.717, 1.165) is 12.1 Å². The number of aliphatic hydroxyl groups is 2. The van der Waals surface area contributed by atoms with Crippen LogP contribution >= 0.6 is 0 Å². The summed E-state index contributed by atoms with van der Waals surface area (Å²) in [6.45, 7) is 2.02. The summed E-state index contributed by atoms with van der Waals surface area (Å²) in [5, 5.41) is 19.0. The molecule has 17 heavy (non-hydrogen) atoms. The lowest BCUT2D eigenvalue weighted by Gasteiger charge is -2.18. The summed E-state index contributed by atoms with van der Waals surface area (Å²) in [5.74, 6) is -1.51. The number of aliphatic hydroxyl groups excluding tert-OH is 2. The average molecular weight is 243 g/mol. The first-order chi connectivity index (χ1) is 7.97. The summed E-state index contributed by atoms with van der Waals surface area (Å²) in [6.07, 6.45) is -3.43. The third kappa shape index (κ3) is 3.15. The first-order valence-corrected chi connectivity index (χ1v) is 5.05. The van der Waals surface area contributed by atoms with Gasteiger partial charge in [-0.25, -0.2) is 4.39 Å². The van der Waals surface area contributed by atoms with Crippen LogP contribution in [0, 0.1) is 5.82 Å². The Bertz CT molecular complexity index is 410. The van der Waals surface area contributed by atoms with E-state index in [9.17, 15) is 19.4 Å². The van der Waals surface area contributed by atoms with Crippen LogP contribution in [0.5, 0.6) is 5.75 Å². The van der Waals surface area contributed by atoms with E-state index in [0.29, 0.717) is 6.61 Å².